The molecule has 0 aliphatic carbocycles. The van der Waals surface area contributed by atoms with Gasteiger partial charge in [-0.25, -0.2) is 0 Å². The van der Waals surface area contributed by atoms with E-state index in [2.05, 4.69) is 0 Å². The van der Waals surface area contributed by atoms with Crippen molar-refractivity contribution in [2.75, 3.05) is 48.0 Å². The molecule has 248 valence electrons. The zero-order chi connectivity index (χ0) is 34.9. The van der Waals surface area contributed by atoms with Gasteiger partial charge >= 0.3 is 0 Å². The van der Waals surface area contributed by atoms with Crippen LogP contribution in [0.1, 0.15) is 27.7 Å². The van der Waals surface area contributed by atoms with E-state index in [1.165, 1.54) is 75.7 Å². The summed E-state index contributed by atoms with van der Waals surface area (Å²) in [7, 11) is 5.86. The molecule has 0 saturated heterocycles. The molecule has 12 heteroatoms. The van der Waals surface area contributed by atoms with Gasteiger partial charge in [0.15, 0.2) is 0 Å². The summed E-state index contributed by atoms with van der Waals surface area (Å²) in [5, 5.41) is 0. The first-order valence-corrected chi connectivity index (χ1v) is 14.9. The fourth-order valence-electron chi connectivity index (χ4n) is 5.93. The van der Waals surface area contributed by atoms with E-state index in [-0.39, 0.29) is 23.6 Å². The van der Waals surface area contributed by atoms with E-state index < -0.39 is 0 Å². The minimum absolute atomic E-state index is 0.294. The molecule has 0 aromatic heterocycles. The van der Waals surface area contributed by atoms with Crippen LogP contribution in [0.2, 0.25) is 0 Å². The summed E-state index contributed by atoms with van der Waals surface area (Å²) in [4.78, 5) is 59.6. The Morgan fingerprint density at radius 1 is 0.396 bits per heavy atom. The lowest BCUT2D eigenvalue weighted by Crippen LogP contribution is -2.28. The van der Waals surface area contributed by atoms with Crippen LogP contribution in [-0.2, 0) is 19.2 Å². The predicted octanol–water partition coefficient (Wildman–Crippen LogP) is 6.77. The van der Waals surface area contributed by atoms with Crippen molar-refractivity contribution in [1.82, 2.24) is 0 Å². The van der Waals surface area contributed by atoms with Gasteiger partial charge in [-0.15, -0.1) is 0 Å². The fourth-order valence-corrected chi connectivity index (χ4v) is 5.93. The predicted molar refractivity (Wildman–Crippen MR) is 183 cm³/mol. The third-order valence-corrected chi connectivity index (χ3v) is 7.88. The molecular formula is C36H36N4O8. The standard InChI is InChI=1S/C36H36N4O8/c1-21(41)37-25-11-9-12-26(15-25)38(22(2)42)31-18-32(36(48-8)20-35(31)47-7)40(24(4)44)28-14-10-13-27(16-28)39(23(3)43)30-17-29(37)33(45-5)19-34(30)46-6/h9-20H,1-8H3. The molecule has 4 aromatic carbocycles. The number of methoxy groups -OCH3 is 4. The van der Waals surface area contributed by atoms with E-state index in [9.17, 15) is 19.2 Å². The molecule has 0 radical (unpaired) electrons. The molecule has 0 saturated carbocycles. The van der Waals surface area contributed by atoms with Gasteiger partial charge < -0.3 is 18.9 Å². The molecule has 0 unspecified atom stereocenters. The lowest BCUT2D eigenvalue weighted by Gasteiger charge is -2.32. The SMILES string of the molecule is COc1cc(OC)c2cc1N(C(C)=O)c1cccc(c1)N(C(C)=O)c1cc(c(OC)cc1OC)N(C(C)=O)c1cccc(c1)N2C(C)=O. The number of carbonyl (C=O) groups excluding carboxylic acids is 4. The summed E-state index contributed by atoms with van der Waals surface area (Å²) in [6.45, 7) is 5.60. The van der Waals surface area contributed by atoms with Crippen molar-refractivity contribution in [2.24, 2.45) is 0 Å². The first-order valence-electron chi connectivity index (χ1n) is 14.9. The molecule has 4 amide bonds. The number of rotatable bonds is 4. The van der Waals surface area contributed by atoms with Crippen molar-refractivity contribution in [3.63, 3.8) is 0 Å². The van der Waals surface area contributed by atoms with Crippen LogP contribution in [0.3, 0.4) is 0 Å². The Morgan fingerprint density at radius 2 is 0.625 bits per heavy atom. The number of nitrogens with zero attached hydrogens (tertiary/aromatic N) is 4. The lowest BCUT2D eigenvalue weighted by atomic mass is 10.1. The highest BCUT2D eigenvalue weighted by Gasteiger charge is 2.30. The molecule has 4 aromatic rings. The summed E-state index contributed by atoms with van der Waals surface area (Å²) in [5.41, 5.74) is 2.88. The third kappa shape index (κ3) is 5.83. The number of ether oxygens (including phenoxy) is 4. The second-order valence-electron chi connectivity index (χ2n) is 10.8. The van der Waals surface area contributed by atoms with E-state index in [4.69, 9.17) is 18.9 Å². The van der Waals surface area contributed by atoms with E-state index in [0.29, 0.717) is 68.5 Å². The van der Waals surface area contributed by atoms with Gasteiger partial charge in [0.05, 0.1) is 73.9 Å². The molecule has 0 fully saturated rings. The summed E-state index contributed by atoms with van der Waals surface area (Å²) in [6.07, 6.45) is 0. The Morgan fingerprint density at radius 3 is 0.812 bits per heavy atom. The number of carbonyl (C=O) groups is 4. The summed E-state index contributed by atoms with van der Waals surface area (Å²) in [5.74, 6) is -0.289. The van der Waals surface area contributed by atoms with Gasteiger partial charge in [0.1, 0.15) is 23.0 Å². The Labute approximate surface area is 278 Å². The van der Waals surface area contributed by atoms with E-state index in [1.54, 1.807) is 72.8 Å². The number of amides is 4. The number of benzene rings is 4. The van der Waals surface area contributed by atoms with Crippen molar-refractivity contribution in [1.29, 1.82) is 0 Å². The molecule has 48 heavy (non-hydrogen) atoms. The average molecular weight is 653 g/mol. The van der Waals surface area contributed by atoms with Crippen LogP contribution in [0, 0.1) is 0 Å². The first-order chi connectivity index (χ1) is 22.9. The molecule has 1 aliphatic rings. The first kappa shape index (κ1) is 33.3. The maximum Gasteiger partial charge on any atom is 0.228 e. The van der Waals surface area contributed by atoms with E-state index in [1.807, 2.05) is 0 Å². The van der Waals surface area contributed by atoms with Crippen molar-refractivity contribution in [3.8, 4) is 23.0 Å². The highest BCUT2D eigenvalue weighted by Crippen LogP contribution is 2.48. The highest BCUT2D eigenvalue weighted by atomic mass is 16.5. The normalized spacial score (nSPS) is 12.3. The molecule has 12 nitrogen and oxygen atoms in total. The molecule has 8 bridgehead atoms. The summed E-state index contributed by atoms with van der Waals surface area (Å²) >= 11 is 0. The van der Waals surface area contributed by atoms with Crippen LogP contribution >= 0.6 is 0 Å². The summed E-state index contributed by atoms with van der Waals surface area (Å²) < 4.78 is 22.9. The fraction of sp³-hybridized carbons (Fsp3) is 0.222. The molecule has 0 atom stereocenters. The molecule has 0 N–H and O–H groups in total. The Bertz CT molecular complexity index is 1680. The maximum absolute atomic E-state index is 13.5. The monoisotopic (exact) mass is 652 g/mol. The van der Waals surface area contributed by atoms with Gasteiger partial charge in [0.2, 0.25) is 23.6 Å². The van der Waals surface area contributed by atoms with Crippen LogP contribution < -0.4 is 38.5 Å². The Hall–Kier alpha value is -6.04. The van der Waals surface area contributed by atoms with Crippen molar-refractivity contribution < 1.29 is 38.1 Å². The topological polar surface area (TPSA) is 118 Å². The highest BCUT2D eigenvalue weighted by molar-refractivity contribution is 6.09. The van der Waals surface area contributed by atoms with Gasteiger partial charge in [-0.3, -0.25) is 38.8 Å². The maximum atomic E-state index is 13.5. The van der Waals surface area contributed by atoms with E-state index in [0.717, 1.165) is 0 Å². The van der Waals surface area contributed by atoms with Gasteiger partial charge in [0, 0.05) is 39.8 Å². The Kier molecular flexibility index (Phi) is 9.28. The molecule has 1 aliphatic heterocycles. The minimum atomic E-state index is -0.366. The third-order valence-electron chi connectivity index (χ3n) is 7.88. The minimum Gasteiger partial charge on any atom is -0.494 e. The quantitative estimate of drug-likeness (QED) is 0.237. The summed E-state index contributed by atoms with van der Waals surface area (Å²) in [6, 6.07) is 20.1. The van der Waals surface area contributed by atoms with Crippen molar-refractivity contribution >= 4 is 69.1 Å². The Balaban J connectivity index is 1.98. The zero-order valence-corrected chi connectivity index (χ0v) is 28.0. The second-order valence-corrected chi connectivity index (χ2v) is 10.8. The van der Waals surface area contributed by atoms with Gasteiger partial charge in [0.25, 0.3) is 0 Å². The van der Waals surface area contributed by atoms with Crippen LogP contribution in [0.4, 0.5) is 45.5 Å². The van der Waals surface area contributed by atoms with Gasteiger partial charge in [-0.2, -0.15) is 0 Å². The molecule has 1 heterocycles. The average Bonchev–Trinajstić information content (AvgIpc) is 3.05. The van der Waals surface area contributed by atoms with Crippen LogP contribution in [0.5, 0.6) is 23.0 Å². The number of fused-ring (bicyclic) bond motifs is 8. The van der Waals surface area contributed by atoms with Gasteiger partial charge in [-0.05, 0) is 48.5 Å². The molecule has 0 spiro atoms. The number of anilines is 8. The zero-order valence-electron chi connectivity index (χ0n) is 28.0. The number of hydrogen-bond donors (Lipinski definition) is 0. The largest absolute Gasteiger partial charge is 0.494 e. The van der Waals surface area contributed by atoms with Crippen molar-refractivity contribution in [3.05, 3.63) is 72.8 Å². The lowest BCUT2D eigenvalue weighted by molar-refractivity contribution is -0.116. The smallest absolute Gasteiger partial charge is 0.228 e. The van der Waals surface area contributed by atoms with Crippen LogP contribution in [-0.4, -0.2) is 52.1 Å². The number of hydrogen-bond acceptors (Lipinski definition) is 8. The molecule has 5 rings (SSSR count). The molecular weight excluding hydrogens is 616 g/mol. The second kappa shape index (κ2) is 13.4. The van der Waals surface area contributed by atoms with Crippen molar-refractivity contribution in [2.45, 2.75) is 27.7 Å². The van der Waals surface area contributed by atoms with Gasteiger partial charge in [-0.1, -0.05) is 12.1 Å². The van der Waals surface area contributed by atoms with Crippen LogP contribution in [0.25, 0.3) is 0 Å². The van der Waals surface area contributed by atoms with Crippen LogP contribution in [0.15, 0.2) is 72.8 Å². The van der Waals surface area contributed by atoms with E-state index >= 15 is 0 Å².